The SMILES string of the molecule is CCSc1cc(C2(C#N)CC2)c[n+]([O-])c1-c1cc2c(cn1)n(CC(F)(F)C(F)(F)F)c(=O)n2C. The van der Waals surface area contributed by atoms with E-state index in [2.05, 4.69) is 11.1 Å². The van der Waals surface area contributed by atoms with E-state index in [9.17, 15) is 37.2 Å². The number of rotatable bonds is 6. The van der Waals surface area contributed by atoms with Gasteiger partial charge in [-0.3, -0.25) is 9.13 Å². The fourth-order valence-electron chi connectivity index (χ4n) is 3.77. The largest absolute Gasteiger partial charge is 0.618 e. The maximum Gasteiger partial charge on any atom is 0.455 e. The monoisotopic (exact) mass is 499 g/mol. The lowest BCUT2D eigenvalue weighted by Gasteiger charge is -2.19. The number of imidazole rings is 1. The topological polar surface area (TPSA) is 90.6 Å². The van der Waals surface area contributed by atoms with Gasteiger partial charge in [0.25, 0.3) is 5.69 Å². The first kappa shape index (κ1) is 24.0. The van der Waals surface area contributed by atoms with E-state index in [-0.39, 0.29) is 22.4 Å². The van der Waals surface area contributed by atoms with Gasteiger partial charge >= 0.3 is 17.8 Å². The van der Waals surface area contributed by atoms with Crippen LogP contribution in [0.2, 0.25) is 0 Å². The Hall–Kier alpha value is -3.14. The molecule has 0 spiro atoms. The fraction of sp³-hybridized carbons (Fsp3) is 0.429. The number of nitrogens with zero attached hydrogens (tertiary/aromatic N) is 5. The maximum absolute atomic E-state index is 13.7. The molecule has 0 unspecified atom stereocenters. The molecule has 7 nitrogen and oxygen atoms in total. The number of thioether (sulfide) groups is 1. The number of nitriles is 1. The van der Waals surface area contributed by atoms with Crippen molar-refractivity contribution in [1.29, 1.82) is 5.26 Å². The van der Waals surface area contributed by atoms with Crippen molar-refractivity contribution in [3.8, 4) is 17.5 Å². The molecule has 0 atom stereocenters. The fourth-order valence-corrected chi connectivity index (χ4v) is 4.63. The number of alkyl halides is 5. The first-order valence-electron chi connectivity index (χ1n) is 10.2. The molecule has 3 heterocycles. The molecule has 0 N–H and O–H groups in total. The smallest absolute Gasteiger partial charge is 0.455 e. The lowest BCUT2D eigenvalue weighted by Crippen LogP contribution is -2.42. The van der Waals surface area contributed by atoms with Gasteiger partial charge in [0.2, 0.25) is 0 Å². The highest BCUT2D eigenvalue weighted by molar-refractivity contribution is 7.99. The molecule has 0 bridgehead atoms. The number of hydrogen-bond acceptors (Lipinski definition) is 5. The van der Waals surface area contributed by atoms with Crippen LogP contribution in [0.5, 0.6) is 0 Å². The van der Waals surface area contributed by atoms with Crippen LogP contribution in [-0.4, -0.2) is 32.0 Å². The molecule has 34 heavy (non-hydrogen) atoms. The van der Waals surface area contributed by atoms with Crippen LogP contribution < -0.4 is 10.4 Å². The molecule has 4 rings (SSSR count). The van der Waals surface area contributed by atoms with Crippen molar-refractivity contribution in [1.82, 2.24) is 14.1 Å². The lowest BCUT2D eigenvalue weighted by molar-refractivity contribution is -0.596. The second-order valence-corrected chi connectivity index (χ2v) is 9.39. The highest BCUT2D eigenvalue weighted by atomic mass is 32.2. The molecular formula is C21H18F5N5O2S. The zero-order valence-electron chi connectivity index (χ0n) is 18.0. The van der Waals surface area contributed by atoms with Gasteiger partial charge < -0.3 is 5.21 Å². The molecule has 0 aliphatic heterocycles. The quantitative estimate of drug-likeness (QED) is 0.222. The lowest BCUT2D eigenvalue weighted by atomic mass is 9.99. The van der Waals surface area contributed by atoms with Crippen LogP contribution >= 0.6 is 11.8 Å². The first-order valence-corrected chi connectivity index (χ1v) is 11.2. The molecule has 0 radical (unpaired) electrons. The molecule has 180 valence electrons. The van der Waals surface area contributed by atoms with Crippen LogP contribution in [-0.2, 0) is 19.0 Å². The standard InChI is InChI=1S/C21H18F5N5O2S/c1-3-34-16-6-12(19(10-27)4-5-19)9-31(33)17(16)13-7-14-15(8-28-13)30(18(32)29(14)2)11-20(22,23)21(24,25)26/h6-9H,3-5,11H2,1-2H3. The molecule has 1 fully saturated rings. The van der Waals surface area contributed by atoms with E-state index in [0.29, 0.717) is 38.4 Å². The predicted octanol–water partition coefficient (Wildman–Crippen LogP) is 3.90. The summed E-state index contributed by atoms with van der Waals surface area (Å²) >= 11 is 1.34. The van der Waals surface area contributed by atoms with E-state index in [1.165, 1.54) is 31.1 Å². The summed E-state index contributed by atoms with van der Waals surface area (Å²) in [5, 5.41) is 22.5. The molecule has 3 aromatic heterocycles. The number of aryl methyl sites for hydroxylation is 1. The zero-order chi connectivity index (χ0) is 25.1. The van der Waals surface area contributed by atoms with E-state index in [0.717, 1.165) is 10.8 Å². The summed E-state index contributed by atoms with van der Waals surface area (Å²) in [6.07, 6.45) is -2.24. The van der Waals surface area contributed by atoms with E-state index >= 15 is 0 Å². The minimum absolute atomic E-state index is 0.0418. The minimum atomic E-state index is -5.83. The summed E-state index contributed by atoms with van der Waals surface area (Å²) in [7, 11) is 1.23. The summed E-state index contributed by atoms with van der Waals surface area (Å²) in [5.74, 6) is -4.53. The molecular weight excluding hydrogens is 481 g/mol. The summed E-state index contributed by atoms with van der Waals surface area (Å²) in [6.45, 7) is -0.0220. The third-order valence-electron chi connectivity index (χ3n) is 5.86. The number of pyridine rings is 2. The highest BCUT2D eigenvalue weighted by Gasteiger charge is 2.58. The van der Waals surface area contributed by atoms with E-state index in [1.54, 1.807) is 6.07 Å². The van der Waals surface area contributed by atoms with Gasteiger partial charge in [-0.1, -0.05) is 6.92 Å². The third kappa shape index (κ3) is 3.79. The molecule has 13 heteroatoms. The Morgan fingerprint density at radius 1 is 1.26 bits per heavy atom. The van der Waals surface area contributed by atoms with Crippen LogP contribution in [0.25, 0.3) is 22.4 Å². The molecule has 0 aromatic carbocycles. The molecule has 3 aromatic rings. The summed E-state index contributed by atoms with van der Waals surface area (Å²) in [4.78, 5) is 17.1. The van der Waals surface area contributed by atoms with Gasteiger partial charge in [0, 0.05) is 12.6 Å². The second-order valence-electron chi connectivity index (χ2n) is 8.08. The van der Waals surface area contributed by atoms with Crippen molar-refractivity contribution < 1.29 is 26.7 Å². The predicted molar refractivity (Wildman–Crippen MR) is 113 cm³/mol. The summed E-state index contributed by atoms with van der Waals surface area (Å²) in [6, 6.07) is 5.28. The number of fused-ring (bicyclic) bond motifs is 1. The average Bonchev–Trinajstić information content (AvgIpc) is 3.53. The Kier molecular flexibility index (Phi) is 5.63. The molecule has 1 saturated carbocycles. The van der Waals surface area contributed by atoms with Gasteiger partial charge in [0.1, 0.15) is 12.2 Å². The van der Waals surface area contributed by atoms with Gasteiger partial charge in [0.15, 0.2) is 6.20 Å². The minimum Gasteiger partial charge on any atom is -0.618 e. The van der Waals surface area contributed by atoms with Crippen molar-refractivity contribution in [3.63, 3.8) is 0 Å². The third-order valence-corrected chi connectivity index (χ3v) is 6.77. The number of hydrogen-bond donors (Lipinski definition) is 0. The molecule has 1 aliphatic rings. The van der Waals surface area contributed by atoms with Crippen molar-refractivity contribution in [3.05, 3.63) is 45.8 Å². The Bertz CT molecular complexity index is 1390. The van der Waals surface area contributed by atoms with Gasteiger partial charge in [-0.2, -0.15) is 31.9 Å². The Morgan fingerprint density at radius 3 is 2.50 bits per heavy atom. The Morgan fingerprint density at radius 2 is 1.94 bits per heavy atom. The Labute approximate surface area is 194 Å². The van der Waals surface area contributed by atoms with Crippen molar-refractivity contribution in [2.24, 2.45) is 7.05 Å². The maximum atomic E-state index is 13.7. The van der Waals surface area contributed by atoms with Crippen molar-refractivity contribution >= 4 is 22.8 Å². The van der Waals surface area contributed by atoms with Crippen LogP contribution in [0.1, 0.15) is 25.3 Å². The number of aromatic nitrogens is 4. The van der Waals surface area contributed by atoms with Crippen molar-refractivity contribution in [2.75, 3.05) is 5.75 Å². The summed E-state index contributed by atoms with van der Waals surface area (Å²) in [5.41, 5.74) is -1.12. The summed E-state index contributed by atoms with van der Waals surface area (Å²) < 4.78 is 67.2. The van der Waals surface area contributed by atoms with Crippen LogP contribution in [0, 0.1) is 16.5 Å². The normalized spacial score (nSPS) is 15.5. The van der Waals surface area contributed by atoms with E-state index in [1.807, 2.05) is 6.92 Å². The van der Waals surface area contributed by atoms with Crippen molar-refractivity contribution in [2.45, 2.75) is 48.7 Å². The average molecular weight is 499 g/mol. The van der Waals surface area contributed by atoms with E-state index < -0.39 is 29.7 Å². The van der Waals surface area contributed by atoms with Gasteiger partial charge in [-0.15, -0.1) is 11.8 Å². The van der Waals surface area contributed by atoms with Crippen LogP contribution in [0.4, 0.5) is 22.0 Å². The van der Waals surface area contributed by atoms with E-state index in [4.69, 9.17) is 0 Å². The first-order chi connectivity index (χ1) is 15.8. The highest BCUT2D eigenvalue weighted by Crippen LogP contribution is 2.48. The van der Waals surface area contributed by atoms with Crippen LogP contribution in [0.15, 0.2) is 34.2 Å². The van der Waals surface area contributed by atoms with Gasteiger partial charge in [-0.05, 0) is 30.7 Å². The van der Waals surface area contributed by atoms with Gasteiger partial charge in [0.05, 0.1) is 33.6 Å². The second kappa shape index (κ2) is 7.97. The molecule has 0 amide bonds. The molecule has 0 saturated heterocycles. The van der Waals surface area contributed by atoms with Crippen LogP contribution in [0.3, 0.4) is 0 Å². The Balaban J connectivity index is 1.85. The zero-order valence-corrected chi connectivity index (χ0v) is 18.8. The van der Waals surface area contributed by atoms with Gasteiger partial charge in [-0.25, -0.2) is 9.78 Å². The number of halogens is 5. The molecule has 1 aliphatic carbocycles.